The van der Waals surface area contributed by atoms with Crippen molar-refractivity contribution in [2.24, 2.45) is 5.41 Å². The van der Waals surface area contributed by atoms with E-state index in [2.05, 4.69) is 6.92 Å². The number of epoxide rings is 3. The van der Waals surface area contributed by atoms with Crippen molar-refractivity contribution in [3.63, 3.8) is 0 Å². The van der Waals surface area contributed by atoms with Crippen molar-refractivity contribution in [2.75, 3.05) is 59.5 Å². The van der Waals surface area contributed by atoms with Gasteiger partial charge < -0.3 is 38.6 Å². The van der Waals surface area contributed by atoms with Crippen LogP contribution in [-0.4, -0.2) is 94.1 Å². The van der Waals surface area contributed by atoms with E-state index in [1.807, 2.05) is 0 Å². The molecule has 3 aliphatic heterocycles. The Hall–Kier alpha value is -0.970. The molecular weight excluding hydrogens is 336 g/mol. The number of rotatable bonds is 13. The number of carboxylic acid groups (broad SMARTS) is 2. The van der Waals surface area contributed by atoms with Crippen LogP contribution < -0.4 is 0 Å². The molecule has 2 N–H and O–H groups in total. The Balaban J connectivity index is 0.000000511. The van der Waals surface area contributed by atoms with Gasteiger partial charge in [0, 0.05) is 5.41 Å². The number of hydrogen-bond acceptors (Lipinski definition) is 7. The second-order valence-corrected chi connectivity index (χ2v) is 6.55. The Bertz CT molecular complexity index is 342. The van der Waals surface area contributed by atoms with Crippen LogP contribution in [0, 0.1) is 5.41 Å². The van der Waals surface area contributed by atoms with E-state index < -0.39 is 6.16 Å². The van der Waals surface area contributed by atoms with Gasteiger partial charge in [-0.25, -0.2) is 4.79 Å². The summed E-state index contributed by atoms with van der Waals surface area (Å²) < 4.78 is 33.0. The summed E-state index contributed by atoms with van der Waals surface area (Å²) in [6.07, 6.45) is -0.00128. The molecule has 0 amide bonds. The fourth-order valence-electron chi connectivity index (χ4n) is 2.14. The lowest BCUT2D eigenvalue weighted by atomic mass is 9.88. The fourth-order valence-corrected chi connectivity index (χ4v) is 2.14. The molecule has 0 aromatic heterocycles. The van der Waals surface area contributed by atoms with Gasteiger partial charge in [0.15, 0.2) is 0 Å². The number of ether oxygens (including phenoxy) is 6. The normalized spacial score (nSPS) is 28.4. The fraction of sp³-hybridized carbons (Fsp3) is 0.938. The molecule has 3 aliphatic rings. The summed E-state index contributed by atoms with van der Waals surface area (Å²) in [4.78, 5) is 8.56. The minimum atomic E-state index is -1.83. The minimum absolute atomic E-state index is 0.0985. The maximum Gasteiger partial charge on any atom is 0.503 e. The lowest BCUT2D eigenvalue weighted by molar-refractivity contribution is -0.0762. The van der Waals surface area contributed by atoms with Crippen LogP contribution >= 0.6 is 0 Å². The Morgan fingerprint density at radius 2 is 1.16 bits per heavy atom. The molecule has 9 nitrogen and oxygen atoms in total. The molecule has 0 bridgehead atoms. The molecule has 0 radical (unpaired) electrons. The summed E-state index contributed by atoms with van der Waals surface area (Å²) in [5.41, 5.74) is -0.0985. The van der Waals surface area contributed by atoms with Crippen LogP contribution in [0.1, 0.15) is 13.3 Å². The summed E-state index contributed by atoms with van der Waals surface area (Å²) in [6, 6.07) is 0. The van der Waals surface area contributed by atoms with E-state index in [-0.39, 0.29) is 5.41 Å². The van der Waals surface area contributed by atoms with Gasteiger partial charge in [0.25, 0.3) is 0 Å². The quantitative estimate of drug-likeness (QED) is 0.458. The lowest BCUT2D eigenvalue weighted by Gasteiger charge is -2.32. The van der Waals surface area contributed by atoms with E-state index in [9.17, 15) is 0 Å². The molecule has 146 valence electrons. The molecule has 3 atom stereocenters. The lowest BCUT2D eigenvalue weighted by Crippen LogP contribution is -2.38. The van der Waals surface area contributed by atoms with Crippen molar-refractivity contribution in [3.05, 3.63) is 0 Å². The van der Waals surface area contributed by atoms with Crippen molar-refractivity contribution < 1.29 is 43.4 Å². The summed E-state index contributed by atoms with van der Waals surface area (Å²) >= 11 is 0. The van der Waals surface area contributed by atoms with Gasteiger partial charge in [0.2, 0.25) is 0 Å². The van der Waals surface area contributed by atoms with E-state index in [1.54, 1.807) is 0 Å². The first-order valence-electron chi connectivity index (χ1n) is 8.53. The highest BCUT2D eigenvalue weighted by atomic mass is 16.6. The van der Waals surface area contributed by atoms with Crippen LogP contribution in [0.3, 0.4) is 0 Å². The zero-order valence-corrected chi connectivity index (χ0v) is 14.6. The molecule has 3 rings (SSSR count). The monoisotopic (exact) mass is 364 g/mol. The molecule has 0 spiro atoms. The minimum Gasteiger partial charge on any atom is -0.450 e. The van der Waals surface area contributed by atoms with Gasteiger partial charge in [0.05, 0.1) is 59.5 Å². The Morgan fingerprint density at radius 3 is 1.36 bits per heavy atom. The largest absolute Gasteiger partial charge is 0.503 e. The third kappa shape index (κ3) is 9.93. The van der Waals surface area contributed by atoms with Crippen LogP contribution in [0.2, 0.25) is 0 Å². The van der Waals surface area contributed by atoms with Crippen molar-refractivity contribution in [1.29, 1.82) is 0 Å². The van der Waals surface area contributed by atoms with Crippen LogP contribution in [0.25, 0.3) is 0 Å². The summed E-state index contributed by atoms with van der Waals surface area (Å²) in [5.74, 6) is 0. The smallest absolute Gasteiger partial charge is 0.450 e. The maximum absolute atomic E-state index is 8.56. The molecule has 3 heterocycles. The molecule has 3 saturated heterocycles. The molecule has 3 unspecified atom stereocenters. The Kier molecular flexibility index (Phi) is 8.34. The zero-order chi connectivity index (χ0) is 18.1. The van der Waals surface area contributed by atoms with Gasteiger partial charge in [-0.3, -0.25) is 0 Å². The highest BCUT2D eigenvalue weighted by molar-refractivity contribution is 5.53. The molecule has 0 aromatic carbocycles. The SMILES string of the molecule is CCC(COCC1CO1)(COCC1CO1)COCC1CO1.O=C(O)O. The third-order valence-electron chi connectivity index (χ3n) is 4.09. The van der Waals surface area contributed by atoms with Crippen LogP contribution in [0.4, 0.5) is 4.79 Å². The highest BCUT2D eigenvalue weighted by Gasteiger charge is 2.34. The second-order valence-electron chi connectivity index (χ2n) is 6.55. The summed E-state index contributed by atoms with van der Waals surface area (Å²) in [6.45, 7) is 8.54. The van der Waals surface area contributed by atoms with E-state index >= 15 is 0 Å². The van der Waals surface area contributed by atoms with Crippen molar-refractivity contribution >= 4 is 6.16 Å². The van der Waals surface area contributed by atoms with E-state index in [1.165, 1.54) is 0 Å². The van der Waals surface area contributed by atoms with Crippen molar-refractivity contribution in [3.8, 4) is 0 Å². The van der Waals surface area contributed by atoms with Gasteiger partial charge in [-0.2, -0.15) is 0 Å². The second kappa shape index (κ2) is 10.2. The average Bonchev–Trinajstić information content (AvgIpc) is 3.40. The highest BCUT2D eigenvalue weighted by Crippen LogP contribution is 2.26. The molecule has 9 heteroatoms. The molecular formula is C16H28O9. The number of hydrogen-bond donors (Lipinski definition) is 2. The van der Waals surface area contributed by atoms with Crippen LogP contribution in [0.15, 0.2) is 0 Å². The molecule has 0 aromatic rings. The van der Waals surface area contributed by atoms with E-state index in [0.29, 0.717) is 58.0 Å². The van der Waals surface area contributed by atoms with Gasteiger partial charge in [-0.05, 0) is 6.42 Å². The van der Waals surface area contributed by atoms with Crippen molar-refractivity contribution in [2.45, 2.75) is 31.7 Å². The van der Waals surface area contributed by atoms with Gasteiger partial charge >= 0.3 is 6.16 Å². The molecule has 0 aliphatic carbocycles. The predicted molar refractivity (Wildman–Crippen MR) is 85.1 cm³/mol. The Morgan fingerprint density at radius 1 is 0.880 bits per heavy atom. The standard InChI is InChI=1S/C15H26O6.CH2O3/c1-2-15(9-16-3-12-6-19-12,10-17-4-13-7-20-13)11-18-5-14-8-21-14;2-1(3)4/h12-14H,2-11H2,1H3;(H2,2,3,4). The average molecular weight is 364 g/mol. The van der Waals surface area contributed by atoms with Gasteiger partial charge in [0.1, 0.15) is 18.3 Å². The molecule has 3 fully saturated rings. The molecule has 25 heavy (non-hydrogen) atoms. The maximum atomic E-state index is 8.56. The zero-order valence-electron chi connectivity index (χ0n) is 14.6. The molecule has 0 saturated carbocycles. The van der Waals surface area contributed by atoms with Crippen LogP contribution in [0.5, 0.6) is 0 Å². The van der Waals surface area contributed by atoms with Crippen molar-refractivity contribution in [1.82, 2.24) is 0 Å². The van der Waals surface area contributed by atoms with Crippen LogP contribution in [-0.2, 0) is 28.4 Å². The number of carbonyl (C=O) groups is 1. The first kappa shape index (κ1) is 20.3. The van der Waals surface area contributed by atoms with E-state index in [0.717, 1.165) is 26.2 Å². The first-order valence-corrected chi connectivity index (χ1v) is 8.53. The third-order valence-corrected chi connectivity index (χ3v) is 4.09. The van der Waals surface area contributed by atoms with Gasteiger partial charge in [-0.15, -0.1) is 0 Å². The van der Waals surface area contributed by atoms with E-state index in [4.69, 9.17) is 43.4 Å². The first-order chi connectivity index (χ1) is 12.0. The Labute approximate surface area is 147 Å². The summed E-state index contributed by atoms with van der Waals surface area (Å²) in [5, 5.41) is 13.9. The predicted octanol–water partition coefficient (Wildman–Crippen LogP) is 0.851. The summed E-state index contributed by atoms with van der Waals surface area (Å²) in [7, 11) is 0. The topological polar surface area (TPSA) is 123 Å². The van der Waals surface area contributed by atoms with Gasteiger partial charge in [-0.1, -0.05) is 6.92 Å².